The largest absolute Gasteiger partial charge is 0.573 e. The van der Waals surface area contributed by atoms with E-state index in [1.165, 1.54) is 24.3 Å². The highest BCUT2D eigenvalue weighted by Crippen LogP contribution is 2.34. The van der Waals surface area contributed by atoms with Crippen molar-refractivity contribution in [2.45, 2.75) is 13.3 Å². The van der Waals surface area contributed by atoms with Gasteiger partial charge in [-0.15, -0.1) is 13.2 Å². The first-order chi connectivity index (χ1) is 11.7. The smallest absolute Gasteiger partial charge is 0.462 e. The van der Waals surface area contributed by atoms with Crippen LogP contribution in [-0.2, 0) is 4.74 Å². The van der Waals surface area contributed by atoms with Crippen molar-refractivity contribution in [2.24, 2.45) is 0 Å². The van der Waals surface area contributed by atoms with Crippen molar-refractivity contribution < 1.29 is 32.4 Å². The summed E-state index contributed by atoms with van der Waals surface area (Å²) in [4.78, 5) is 22.3. The van der Waals surface area contributed by atoms with Gasteiger partial charge in [0.25, 0.3) is 5.69 Å². The van der Waals surface area contributed by atoms with E-state index >= 15 is 0 Å². The van der Waals surface area contributed by atoms with Crippen molar-refractivity contribution >= 4 is 11.7 Å². The van der Waals surface area contributed by atoms with Crippen LogP contribution in [0.25, 0.3) is 11.1 Å². The first kappa shape index (κ1) is 18.2. The number of nitro benzene ring substituents is 1. The number of alkyl halides is 3. The lowest BCUT2D eigenvalue weighted by Gasteiger charge is -2.11. The summed E-state index contributed by atoms with van der Waals surface area (Å²) in [7, 11) is 0. The summed E-state index contributed by atoms with van der Waals surface area (Å²) >= 11 is 0. The van der Waals surface area contributed by atoms with Gasteiger partial charge in [0.15, 0.2) is 0 Å². The molecule has 0 aliphatic heterocycles. The van der Waals surface area contributed by atoms with E-state index in [-0.39, 0.29) is 29.0 Å². The zero-order valence-electron chi connectivity index (χ0n) is 12.9. The maximum absolute atomic E-state index is 12.3. The molecule has 2 rings (SSSR count). The summed E-state index contributed by atoms with van der Waals surface area (Å²) < 4.78 is 45.7. The molecule has 0 unspecified atom stereocenters. The predicted octanol–water partition coefficient (Wildman–Crippen LogP) is 4.34. The number of rotatable bonds is 5. The van der Waals surface area contributed by atoms with Crippen LogP contribution in [0.5, 0.6) is 5.75 Å². The molecule has 0 fully saturated rings. The van der Waals surface area contributed by atoms with Gasteiger partial charge in [-0.2, -0.15) is 0 Å². The standard InChI is InChI=1S/C16H12F3NO5/c1-2-24-15(21)11-6-7-14(20(22)23)13(9-11)10-4-3-5-12(8-10)25-16(17,18)19/h3-9H,2H2,1H3. The maximum atomic E-state index is 12.3. The highest BCUT2D eigenvalue weighted by Gasteiger charge is 2.31. The summed E-state index contributed by atoms with van der Waals surface area (Å²) in [6, 6.07) is 8.22. The van der Waals surface area contributed by atoms with Crippen molar-refractivity contribution in [3.8, 4) is 16.9 Å². The van der Waals surface area contributed by atoms with Crippen LogP contribution in [0.2, 0.25) is 0 Å². The van der Waals surface area contributed by atoms with E-state index in [0.717, 1.165) is 18.2 Å². The SMILES string of the molecule is CCOC(=O)c1ccc([N+](=O)[O-])c(-c2cccc(OC(F)(F)F)c2)c1. The van der Waals surface area contributed by atoms with Crippen LogP contribution in [0.15, 0.2) is 42.5 Å². The van der Waals surface area contributed by atoms with Crippen LogP contribution >= 0.6 is 0 Å². The molecule has 0 aliphatic rings. The number of hydrogen-bond donors (Lipinski definition) is 0. The van der Waals surface area contributed by atoms with Crippen molar-refractivity contribution in [1.82, 2.24) is 0 Å². The Morgan fingerprint density at radius 3 is 2.52 bits per heavy atom. The van der Waals surface area contributed by atoms with Crippen LogP contribution in [0.3, 0.4) is 0 Å². The fraction of sp³-hybridized carbons (Fsp3) is 0.188. The van der Waals surface area contributed by atoms with Crippen molar-refractivity contribution in [3.05, 3.63) is 58.1 Å². The van der Waals surface area contributed by atoms with Gasteiger partial charge < -0.3 is 9.47 Å². The molecule has 25 heavy (non-hydrogen) atoms. The minimum absolute atomic E-state index is 0.0248. The normalized spacial score (nSPS) is 11.0. The summed E-state index contributed by atoms with van der Waals surface area (Å²) in [5.74, 6) is -1.22. The van der Waals surface area contributed by atoms with Crippen molar-refractivity contribution in [2.75, 3.05) is 6.61 Å². The van der Waals surface area contributed by atoms with Gasteiger partial charge in [-0.1, -0.05) is 12.1 Å². The molecule has 9 heteroatoms. The highest BCUT2D eigenvalue weighted by molar-refractivity contribution is 5.92. The van der Waals surface area contributed by atoms with E-state index in [9.17, 15) is 28.1 Å². The molecule has 0 spiro atoms. The van der Waals surface area contributed by atoms with E-state index in [2.05, 4.69) is 4.74 Å². The fourth-order valence-corrected chi connectivity index (χ4v) is 2.13. The first-order valence-electron chi connectivity index (χ1n) is 7.03. The van der Waals surface area contributed by atoms with Crippen LogP contribution in [0, 0.1) is 10.1 Å². The molecule has 0 saturated heterocycles. The number of benzene rings is 2. The molecule has 6 nitrogen and oxygen atoms in total. The first-order valence-corrected chi connectivity index (χ1v) is 7.03. The summed E-state index contributed by atoms with van der Waals surface area (Å²) in [5.41, 5.74) is -0.246. The summed E-state index contributed by atoms with van der Waals surface area (Å²) in [6.45, 7) is 1.71. The van der Waals surface area contributed by atoms with Gasteiger partial charge in [-0.3, -0.25) is 10.1 Å². The zero-order valence-corrected chi connectivity index (χ0v) is 12.9. The third kappa shape index (κ3) is 4.69. The number of hydrogen-bond acceptors (Lipinski definition) is 5. The van der Waals surface area contributed by atoms with Gasteiger partial charge in [-0.05, 0) is 36.8 Å². The Kier molecular flexibility index (Phi) is 5.26. The number of carbonyl (C=O) groups excluding carboxylic acids is 1. The number of esters is 1. The molecule has 0 N–H and O–H groups in total. The van der Waals surface area contributed by atoms with Gasteiger partial charge in [0.1, 0.15) is 5.75 Å². The predicted molar refractivity (Wildman–Crippen MR) is 81.2 cm³/mol. The van der Waals surface area contributed by atoms with E-state index in [1.54, 1.807) is 6.92 Å². The van der Waals surface area contributed by atoms with E-state index < -0.39 is 23.0 Å². The lowest BCUT2D eigenvalue weighted by molar-refractivity contribution is -0.384. The Balaban J connectivity index is 2.52. The average Bonchev–Trinajstić information content (AvgIpc) is 2.53. The molecule has 0 atom stereocenters. The second-order valence-electron chi connectivity index (χ2n) is 4.79. The topological polar surface area (TPSA) is 78.7 Å². The molecular weight excluding hydrogens is 343 g/mol. The Morgan fingerprint density at radius 1 is 1.20 bits per heavy atom. The molecule has 0 amide bonds. The number of halogens is 3. The van der Waals surface area contributed by atoms with Crippen LogP contribution in [0.4, 0.5) is 18.9 Å². The van der Waals surface area contributed by atoms with Crippen LogP contribution in [0.1, 0.15) is 17.3 Å². The number of carbonyl (C=O) groups is 1. The molecule has 0 heterocycles. The third-order valence-corrected chi connectivity index (χ3v) is 3.08. The van der Waals surface area contributed by atoms with Gasteiger partial charge >= 0.3 is 12.3 Å². The van der Waals surface area contributed by atoms with Gasteiger partial charge in [0, 0.05) is 6.07 Å². The molecule has 132 valence electrons. The lowest BCUT2D eigenvalue weighted by atomic mass is 10.0. The molecule has 0 bridgehead atoms. The zero-order chi connectivity index (χ0) is 18.6. The van der Waals surface area contributed by atoms with Crippen LogP contribution in [-0.4, -0.2) is 23.9 Å². The lowest BCUT2D eigenvalue weighted by Crippen LogP contribution is -2.17. The summed E-state index contributed by atoms with van der Waals surface area (Å²) in [5, 5.41) is 11.2. The minimum Gasteiger partial charge on any atom is -0.462 e. The second-order valence-corrected chi connectivity index (χ2v) is 4.79. The van der Waals surface area contributed by atoms with E-state index in [4.69, 9.17) is 4.74 Å². The molecule has 0 aliphatic carbocycles. The highest BCUT2D eigenvalue weighted by atomic mass is 19.4. The van der Waals surface area contributed by atoms with Crippen molar-refractivity contribution in [1.29, 1.82) is 0 Å². The van der Waals surface area contributed by atoms with E-state index in [0.29, 0.717) is 0 Å². The van der Waals surface area contributed by atoms with Gasteiger partial charge in [-0.25, -0.2) is 4.79 Å². The minimum atomic E-state index is -4.89. The Labute approximate surface area is 139 Å². The summed E-state index contributed by atoms with van der Waals surface area (Å²) in [6.07, 6.45) is -4.89. The quantitative estimate of drug-likeness (QED) is 0.453. The molecule has 2 aromatic rings. The molecule has 0 saturated carbocycles. The molecule has 0 radical (unpaired) electrons. The Morgan fingerprint density at radius 2 is 1.92 bits per heavy atom. The third-order valence-electron chi connectivity index (χ3n) is 3.08. The number of nitrogens with zero attached hydrogens (tertiary/aromatic N) is 1. The number of nitro groups is 1. The maximum Gasteiger partial charge on any atom is 0.573 e. The average molecular weight is 355 g/mol. The second kappa shape index (κ2) is 7.20. The van der Waals surface area contributed by atoms with Crippen molar-refractivity contribution in [3.63, 3.8) is 0 Å². The molecule has 2 aromatic carbocycles. The Bertz CT molecular complexity index is 805. The van der Waals surface area contributed by atoms with Gasteiger partial charge in [0.05, 0.1) is 22.7 Å². The Hall–Kier alpha value is -3.10. The molecular formula is C16H12F3NO5. The van der Waals surface area contributed by atoms with Crippen LogP contribution < -0.4 is 4.74 Å². The molecule has 0 aromatic heterocycles. The number of ether oxygens (including phenoxy) is 2. The van der Waals surface area contributed by atoms with Gasteiger partial charge in [0.2, 0.25) is 0 Å². The van der Waals surface area contributed by atoms with E-state index in [1.807, 2.05) is 0 Å². The fourth-order valence-electron chi connectivity index (χ4n) is 2.13. The monoisotopic (exact) mass is 355 g/mol.